The van der Waals surface area contributed by atoms with E-state index in [4.69, 9.17) is 0 Å². The third-order valence-electron chi connectivity index (χ3n) is 5.27. The van der Waals surface area contributed by atoms with Crippen LogP contribution in [0.15, 0.2) is 52.4 Å². The molecule has 0 spiro atoms. The second-order valence-corrected chi connectivity index (χ2v) is 8.24. The van der Waals surface area contributed by atoms with Gasteiger partial charge in [-0.2, -0.15) is 5.10 Å². The summed E-state index contributed by atoms with van der Waals surface area (Å²) in [4.78, 5) is 2.38. The zero-order valence-electron chi connectivity index (χ0n) is 17.5. The van der Waals surface area contributed by atoms with E-state index in [-0.39, 0.29) is 5.76 Å². The van der Waals surface area contributed by atoms with Gasteiger partial charge >= 0.3 is 0 Å². The van der Waals surface area contributed by atoms with Crippen molar-refractivity contribution in [3.63, 3.8) is 0 Å². The zero-order valence-corrected chi connectivity index (χ0v) is 19.1. The Morgan fingerprint density at radius 3 is 2.64 bits per heavy atom. The maximum Gasteiger partial charge on any atom is 0.128 e. The van der Waals surface area contributed by atoms with Crippen molar-refractivity contribution in [2.45, 2.75) is 40.0 Å². The molecule has 2 rings (SSSR count). The molecule has 2 N–H and O–H groups in total. The smallest absolute Gasteiger partial charge is 0.128 e. The molecule has 6 heteroatoms. The molecule has 0 bridgehead atoms. The van der Waals surface area contributed by atoms with Gasteiger partial charge in [0.05, 0.1) is 16.4 Å². The number of allylic oxidation sites excluding steroid dienone is 5. The number of hydrogen-bond donors (Lipinski definition) is 2. The highest BCUT2D eigenvalue weighted by Gasteiger charge is 2.18. The normalized spacial score (nSPS) is 17.8. The first kappa shape index (κ1) is 22.5. The van der Waals surface area contributed by atoms with Crippen LogP contribution in [0.2, 0.25) is 0 Å². The minimum Gasteiger partial charge on any atom is -0.508 e. The van der Waals surface area contributed by atoms with Crippen LogP contribution in [-0.2, 0) is 0 Å². The number of rotatable bonds is 8. The van der Waals surface area contributed by atoms with Crippen molar-refractivity contribution in [2.75, 3.05) is 26.7 Å². The molecule has 0 unspecified atom stereocenters. The van der Waals surface area contributed by atoms with E-state index >= 15 is 0 Å². The summed E-state index contributed by atoms with van der Waals surface area (Å²) in [5, 5.41) is 18.4. The Morgan fingerprint density at radius 1 is 1.43 bits per heavy atom. The van der Waals surface area contributed by atoms with Crippen molar-refractivity contribution >= 4 is 21.8 Å². The summed E-state index contributed by atoms with van der Waals surface area (Å²) in [6.45, 7) is 13.3. The van der Waals surface area contributed by atoms with Crippen LogP contribution in [0.5, 0.6) is 0 Å². The molecular weight excluding hydrogens is 416 g/mol. The van der Waals surface area contributed by atoms with Crippen molar-refractivity contribution in [1.82, 2.24) is 20.0 Å². The lowest BCUT2D eigenvalue weighted by atomic mass is 9.97. The van der Waals surface area contributed by atoms with Crippen LogP contribution in [0.1, 0.15) is 38.8 Å². The summed E-state index contributed by atoms with van der Waals surface area (Å²) in [6.07, 6.45) is 10.4. The fourth-order valence-electron chi connectivity index (χ4n) is 3.42. The molecule has 5 nitrogen and oxygen atoms in total. The predicted molar refractivity (Wildman–Crippen MR) is 121 cm³/mol. The molecule has 1 aromatic heterocycles. The van der Waals surface area contributed by atoms with Gasteiger partial charge in [-0.25, -0.2) is 4.68 Å². The molecule has 0 aliphatic carbocycles. The standard InChI is InChI=1S/C22H33BrN4O/c1-6-8-21(28)19(7-2)16(3)13-22(27-17(4)20(23)15-25-27)24-14-18-9-11-26(5)12-10-18/h6,8,13,15,18,24,28H,3,7,9-12,14H2,1-2,4-5H3/b8-6-,21-19-,22-13-. The Morgan fingerprint density at radius 2 is 2.11 bits per heavy atom. The molecule has 1 saturated heterocycles. The number of aliphatic hydroxyl groups excluding tert-OH is 1. The van der Waals surface area contributed by atoms with E-state index in [9.17, 15) is 5.11 Å². The van der Waals surface area contributed by atoms with Crippen LogP contribution in [-0.4, -0.2) is 46.5 Å². The van der Waals surface area contributed by atoms with Crippen molar-refractivity contribution in [1.29, 1.82) is 0 Å². The minimum absolute atomic E-state index is 0.263. The van der Waals surface area contributed by atoms with Crippen LogP contribution >= 0.6 is 15.9 Å². The van der Waals surface area contributed by atoms with Gasteiger partial charge in [0.15, 0.2) is 0 Å². The Labute approximate surface area is 177 Å². The molecule has 1 aromatic rings. The summed E-state index contributed by atoms with van der Waals surface area (Å²) in [7, 11) is 2.18. The summed E-state index contributed by atoms with van der Waals surface area (Å²) in [6, 6.07) is 0. The Kier molecular flexibility index (Phi) is 8.58. The summed E-state index contributed by atoms with van der Waals surface area (Å²) in [5.41, 5.74) is 2.64. The summed E-state index contributed by atoms with van der Waals surface area (Å²) in [5.74, 6) is 1.79. The fraction of sp³-hybridized carbons (Fsp3) is 0.500. The highest BCUT2D eigenvalue weighted by atomic mass is 79.9. The average molecular weight is 449 g/mol. The lowest BCUT2D eigenvalue weighted by molar-refractivity contribution is 0.219. The monoisotopic (exact) mass is 448 g/mol. The highest BCUT2D eigenvalue weighted by molar-refractivity contribution is 9.10. The largest absolute Gasteiger partial charge is 0.508 e. The first-order chi connectivity index (χ1) is 13.4. The van der Waals surface area contributed by atoms with Gasteiger partial charge in [-0.15, -0.1) is 0 Å². The Hall–Kier alpha value is -1.79. The maximum absolute atomic E-state index is 10.3. The van der Waals surface area contributed by atoms with Crippen LogP contribution in [0.25, 0.3) is 5.82 Å². The minimum atomic E-state index is 0.263. The van der Waals surface area contributed by atoms with Gasteiger partial charge in [0, 0.05) is 12.1 Å². The lowest BCUT2D eigenvalue weighted by Gasteiger charge is -2.29. The maximum atomic E-state index is 10.3. The third-order valence-corrected chi connectivity index (χ3v) is 6.05. The molecule has 1 aliphatic heterocycles. The molecule has 0 atom stereocenters. The Bertz CT molecular complexity index is 767. The number of nitrogens with one attached hydrogen (secondary N) is 1. The number of piperidine rings is 1. The number of aliphatic hydroxyl groups is 1. The van der Waals surface area contributed by atoms with Crippen molar-refractivity contribution in [2.24, 2.45) is 5.92 Å². The van der Waals surface area contributed by atoms with Crippen LogP contribution in [0.3, 0.4) is 0 Å². The lowest BCUT2D eigenvalue weighted by Crippen LogP contribution is -2.35. The second kappa shape index (κ2) is 10.7. The first-order valence-electron chi connectivity index (χ1n) is 9.96. The van der Waals surface area contributed by atoms with Crippen molar-refractivity contribution in [3.8, 4) is 0 Å². The molecule has 0 saturated carbocycles. The molecular formula is C22H33BrN4O. The van der Waals surface area contributed by atoms with Crippen molar-refractivity contribution in [3.05, 3.63) is 58.1 Å². The quantitative estimate of drug-likeness (QED) is 0.432. The average Bonchev–Trinajstić information content (AvgIpc) is 2.99. The molecule has 0 radical (unpaired) electrons. The van der Waals surface area contributed by atoms with Gasteiger partial charge in [-0.05, 0) is 92.8 Å². The van der Waals surface area contributed by atoms with Gasteiger partial charge in [-0.1, -0.05) is 19.6 Å². The predicted octanol–water partition coefficient (Wildman–Crippen LogP) is 5.04. The number of likely N-dealkylation sites (tertiary alicyclic amines) is 1. The van der Waals surface area contributed by atoms with Gasteiger partial charge in [0.2, 0.25) is 0 Å². The van der Waals surface area contributed by atoms with E-state index in [1.807, 2.05) is 37.6 Å². The van der Waals surface area contributed by atoms with Gasteiger partial charge in [0.25, 0.3) is 0 Å². The van der Waals surface area contributed by atoms with Gasteiger partial charge < -0.3 is 15.3 Å². The van der Waals surface area contributed by atoms with E-state index in [0.29, 0.717) is 12.3 Å². The number of hydrogen-bond acceptors (Lipinski definition) is 4. The molecule has 154 valence electrons. The van der Waals surface area contributed by atoms with Crippen molar-refractivity contribution < 1.29 is 5.11 Å². The molecule has 2 heterocycles. The first-order valence-corrected chi connectivity index (χ1v) is 10.7. The molecule has 0 amide bonds. The molecule has 1 fully saturated rings. The summed E-state index contributed by atoms with van der Waals surface area (Å²) < 4.78 is 2.86. The van der Waals surface area contributed by atoms with Crippen LogP contribution < -0.4 is 5.32 Å². The molecule has 28 heavy (non-hydrogen) atoms. The van der Waals surface area contributed by atoms with E-state index in [1.54, 1.807) is 12.3 Å². The number of halogens is 1. The van der Waals surface area contributed by atoms with E-state index < -0.39 is 0 Å². The highest BCUT2D eigenvalue weighted by Crippen LogP contribution is 2.23. The second-order valence-electron chi connectivity index (χ2n) is 7.39. The number of aromatic nitrogens is 2. The van der Waals surface area contributed by atoms with E-state index in [1.165, 1.54) is 12.8 Å². The summed E-state index contributed by atoms with van der Waals surface area (Å²) >= 11 is 3.55. The molecule has 0 aromatic carbocycles. The Balaban J connectivity index is 2.27. The fourth-order valence-corrected chi connectivity index (χ4v) is 3.68. The van der Waals surface area contributed by atoms with Crippen LogP contribution in [0.4, 0.5) is 0 Å². The molecule has 1 aliphatic rings. The van der Waals surface area contributed by atoms with Gasteiger partial charge in [-0.3, -0.25) is 0 Å². The zero-order chi connectivity index (χ0) is 20.7. The van der Waals surface area contributed by atoms with E-state index in [2.05, 4.69) is 44.9 Å². The van der Waals surface area contributed by atoms with E-state index in [0.717, 1.165) is 46.8 Å². The third kappa shape index (κ3) is 5.85. The van der Waals surface area contributed by atoms with Gasteiger partial charge in [0.1, 0.15) is 11.6 Å². The SMILES string of the molecule is C=C(/C=C(/NCC1CCN(C)CC1)n1ncc(Br)c1C)/C(CC)=C(O)/C=C\C. The topological polar surface area (TPSA) is 53.3 Å². The number of nitrogens with zero attached hydrogens (tertiary/aromatic N) is 3. The van der Waals surface area contributed by atoms with Crippen LogP contribution in [0, 0.1) is 12.8 Å².